The lowest BCUT2D eigenvalue weighted by Crippen LogP contribution is -2.53. The molecule has 1 aliphatic rings. The number of benzene rings is 2. The zero-order valence-electron chi connectivity index (χ0n) is 19.1. The van der Waals surface area contributed by atoms with E-state index in [1.54, 1.807) is 17.0 Å². The van der Waals surface area contributed by atoms with E-state index in [1.807, 2.05) is 10.9 Å². The average molecular weight is 439 g/mol. The number of piperazine rings is 1. The molecular weight excluding hydrogens is 407 g/mol. The van der Waals surface area contributed by atoms with Crippen LogP contribution in [-0.4, -0.2) is 62.9 Å². The SMILES string of the molecule is Cc1cc2c(cnn2-c2ccc(F)cc2)cc1C1CN(C(=O)C(C)O)CCN1CC(C)C. The molecule has 0 aliphatic carbocycles. The number of hydrogen-bond donors (Lipinski definition) is 1. The van der Waals surface area contributed by atoms with Crippen molar-refractivity contribution in [1.82, 2.24) is 19.6 Å². The van der Waals surface area contributed by atoms with E-state index in [0.29, 0.717) is 19.0 Å². The van der Waals surface area contributed by atoms with Crippen molar-refractivity contribution in [2.75, 3.05) is 26.2 Å². The molecule has 3 aromatic rings. The summed E-state index contributed by atoms with van der Waals surface area (Å²) in [4.78, 5) is 16.7. The van der Waals surface area contributed by atoms with Gasteiger partial charge in [-0.3, -0.25) is 9.69 Å². The van der Waals surface area contributed by atoms with Crippen molar-refractivity contribution in [2.45, 2.75) is 39.8 Å². The lowest BCUT2D eigenvalue weighted by molar-refractivity contribution is -0.142. The van der Waals surface area contributed by atoms with E-state index in [2.05, 4.69) is 42.9 Å². The molecular formula is C25H31FN4O2. The summed E-state index contributed by atoms with van der Waals surface area (Å²) >= 11 is 0. The predicted molar refractivity (Wildman–Crippen MR) is 123 cm³/mol. The maximum atomic E-state index is 13.4. The number of carbonyl (C=O) groups is 1. The topological polar surface area (TPSA) is 61.6 Å². The molecule has 1 aliphatic heterocycles. The number of nitrogens with zero attached hydrogens (tertiary/aromatic N) is 4. The number of hydrogen-bond acceptors (Lipinski definition) is 4. The molecule has 1 N–H and O–H groups in total. The number of amides is 1. The lowest BCUT2D eigenvalue weighted by Gasteiger charge is -2.43. The Morgan fingerprint density at radius 2 is 1.91 bits per heavy atom. The van der Waals surface area contributed by atoms with Crippen LogP contribution in [-0.2, 0) is 4.79 Å². The molecule has 6 nitrogen and oxygen atoms in total. The van der Waals surface area contributed by atoms with E-state index >= 15 is 0 Å². The van der Waals surface area contributed by atoms with E-state index < -0.39 is 6.10 Å². The zero-order valence-corrected chi connectivity index (χ0v) is 19.1. The highest BCUT2D eigenvalue weighted by Gasteiger charge is 2.33. The maximum absolute atomic E-state index is 13.4. The van der Waals surface area contributed by atoms with Gasteiger partial charge in [0, 0.05) is 31.6 Å². The Bertz CT molecular complexity index is 1110. The van der Waals surface area contributed by atoms with Gasteiger partial charge in [0.25, 0.3) is 5.91 Å². The number of aliphatic hydroxyl groups excluding tert-OH is 1. The van der Waals surface area contributed by atoms with Gasteiger partial charge in [0.05, 0.1) is 23.4 Å². The highest BCUT2D eigenvalue weighted by atomic mass is 19.1. The van der Waals surface area contributed by atoms with Crippen LogP contribution in [0.1, 0.15) is 37.9 Å². The summed E-state index contributed by atoms with van der Waals surface area (Å²) < 4.78 is 15.2. The lowest BCUT2D eigenvalue weighted by atomic mass is 9.95. The van der Waals surface area contributed by atoms with Crippen LogP contribution in [0.4, 0.5) is 4.39 Å². The van der Waals surface area contributed by atoms with E-state index in [9.17, 15) is 14.3 Å². The van der Waals surface area contributed by atoms with Gasteiger partial charge in [-0.2, -0.15) is 5.10 Å². The number of halogens is 1. The minimum Gasteiger partial charge on any atom is -0.384 e. The molecule has 2 atom stereocenters. The third-order valence-electron chi connectivity index (χ3n) is 6.15. The number of aromatic nitrogens is 2. The van der Waals surface area contributed by atoms with E-state index in [4.69, 9.17) is 0 Å². The third-order valence-corrected chi connectivity index (χ3v) is 6.15. The summed E-state index contributed by atoms with van der Waals surface area (Å²) in [7, 11) is 0. The number of rotatable bonds is 5. The van der Waals surface area contributed by atoms with Crippen LogP contribution in [0.15, 0.2) is 42.6 Å². The summed E-state index contributed by atoms with van der Waals surface area (Å²) in [6.07, 6.45) is 0.834. The molecule has 170 valence electrons. The first kappa shape index (κ1) is 22.4. The largest absolute Gasteiger partial charge is 0.384 e. The molecule has 0 saturated carbocycles. The van der Waals surface area contributed by atoms with Crippen LogP contribution < -0.4 is 0 Å². The van der Waals surface area contributed by atoms with Crippen LogP contribution in [0.3, 0.4) is 0 Å². The van der Waals surface area contributed by atoms with Crippen molar-refractivity contribution in [3.05, 3.63) is 59.5 Å². The molecule has 7 heteroatoms. The molecule has 32 heavy (non-hydrogen) atoms. The molecule has 4 rings (SSSR count). The molecule has 1 saturated heterocycles. The molecule has 0 bridgehead atoms. The Hall–Kier alpha value is -2.77. The average Bonchev–Trinajstić information content (AvgIpc) is 3.15. The van der Waals surface area contributed by atoms with Crippen LogP contribution >= 0.6 is 0 Å². The standard InChI is InChI=1S/C25H31FN4O2/c1-16(2)14-28-9-10-29(25(32)18(4)31)15-24(28)22-12-19-13-27-30(23(19)11-17(22)3)21-7-5-20(26)6-8-21/h5-8,11-13,16,18,24,31H,9-10,14-15H2,1-4H3. The summed E-state index contributed by atoms with van der Waals surface area (Å²) in [5.41, 5.74) is 4.05. The molecule has 1 amide bonds. The van der Waals surface area contributed by atoms with Crippen molar-refractivity contribution in [3.63, 3.8) is 0 Å². The summed E-state index contributed by atoms with van der Waals surface area (Å²) in [6, 6.07) is 10.6. The molecule has 0 spiro atoms. The fraction of sp³-hybridized carbons (Fsp3) is 0.440. The van der Waals surface area contributed by atoms with Gasteiger partial charge in [-0.1, -0.05) is 13.8 Å². The number of fused-ring (bicyclic) bond motifs is 1. The van der Waals surface area contributed by atoms with Gasteiger partial charge in [0.1, 0.15) is 11.9 Å². The van der Waals surface area contributed by atoms with Crippen molar-refractivity contribution < 1.29 is 14.3 Å². The van der Waals surface area contributed by atoms with E-state index in [0.717, 1.165) is 35.2 Å². The fourth-order valence-corrected chi connectivity index (χ4v) is 4.61. The Labute approximate surface area is 188 Å². The Balaban J connectivity index is 1.72. The molecule has 1 fully saturated rings. The van der Waals surface area contributed by atoms with E-state index in [-0.39, 0.29) is 17.8 Å². The molecule has 1 aromatic heterocycles. The van der Waals surface area contributed by atoms with E-state index in [1.165, 1.54) is 24.6 Å². The highest BCUT2D eigenvalue weighted by molar-refractivity contribution is 5.83. The third kappa shape index (κ3) is 4.40. The first-order valence-electron chi connectivity index (χ1n) is 11.2. The summed E-state index contributed by atoms with van der Waals surface area (Å²) in [6.45, 7) is 10.9. The van der Waals surface area contributed by atoms with Crippen LogP contribution in [0.2, 0.25) is 0 Å². The van der Waals surface area contributed by atoms with Crippen molar-refractivity contribution in [1.29, 1.82) is 0 Å². The second-order valence-electron chi connectivity index (χ2n) is 9.17. The number of aryl methyl sites for hydroxylation is 1. The first-order chi connectivity index (χ1) is 15.2. The minimum atomic E-state index is -0.996. The molecule has 0 radical (unpaired) electrons. The maximum Gasteiger partial charge on any atom is 0.251 e. The van der Waals surface area contributed by atoms with Crippen molar-refractivity contribution in [3.8, 4) is 5.69 Å². The highest BCUT2D eigenvalue weighted by Crippen LogP contribution is 2.32. The van der Waals surface area contributed by atoms with Crippen molar-refractivity contribution >= 4 is 16.8 Å². The van der Waals surface area contributed by atoms with Gasteiger partial charge in [0.15, 0.2) is 0 Å². The second-order valence-corrected chi connectivity index (χ2v) is 9.17. The van der Waals surface area contributed by atoms with Gasteiger partial charge >= 0.3 is 0 Å². The Kier molecular flexibility index (Phi) is 6.31. The van der Waals surface area contributed by atoms with Crippen molar-refractivity contribution in [2.24, 2.45) is 5.92 Å². The molecule has 2 aromatic carbocycles. The van der Waals surface area contributed by atoms with Crippen LogP contribution in [0, 0.1) is 18.7 Å². The normalized spacial score (nSPS) is 18.5. The Morgan fingerprint density at radius 1 is 1.19 bits per heavy atom. The fourth-order valence-electron chi connectivity index (χ4n) is 4.61. The minimum absolute atomic E-state index is 0.0485. The smallest absolute Gasteiger partial charge is 0.251 e. The van der Waals surface area contributed by atoms with Crippen LogP contribution in [0.25, 0.3) is 16.6 Å². The molecule has 2 unspecified atom stereocenters. The predicted octanol–water partition coefficient (Wildman–Crippen LogP) is 3.70. The first-order valence-corrected chi connectivity index (χ1v) is 11.2. The van der Waals surface area contributed by atoms with Crippen LogP contribution in [0.5, 0.6) is 0 Å². The van der Waals surface area contributed by atoms with Gasteiger partial charge in [-0.25, -0.2) is 9.07 Å². The summed E-state index contributed by atoms with van der Waals surface area (Å²) in [5.74, 6) is 0.00589. The van der Waals surface area contributed by atoms with Gasteiger partial charge in [-0.05, 0) is 67.3 Å². The monoisotopic (exact) mass is 438 g/mol. The summed E-state index contributed by atoms with van der Waals surface area (Å²) in [5, 5.41) is 15.4. The molecule has 2 heterocycles. The zero-order chi connectivity index (χ0) is 23.0. The van der Waals surface area contributed by atoms with Gasteiger partial charge in [-0.15, -0.1) is 0 Å². The van der Waals surface area contributed by atoms with Gasteiger partial charge < -0.3 is 10.0 Å². The Morgan fingerprint density at radius 3 is 2.56 bits per heavy atom. The quantitative estimate of drug-likeness (QED) is 0.660. The number of aliphatic hydroxyl groups is 1. The van der Waals surface area contributed by atoms with Gasteiger partial charge in [0.2, 0.25) is 0 Å². The number of carbonyl (C=O) groups excluding carboxylic acids is 1. The second kappa shape index (κ2) is 9.00.